The minimum atomic E-state index is -4.50. The highest BCUT2D eigenvalue weighted by Crippen LogP contribution is 2.30. The van der Waals surface area contributed by atoms with Gasteiger partial charge in [-0.1, -0.05) is 53.7 Å². The number of benzene rings is 3. The zero-order valence-electron chi connectivity index (χ0n) is 17.4. The molecule has 3 aromatic carbocycles. The van der Waals surface area contributed by atoms with E-state index >= 15 is 0 Å². The van der Waals surface area contributed by atoms with Crippen LogP contribution in [0.15, 0.2) is 84.0 Å². The summed E-state index contributed by atoms with van der Waals surface area (Å²) in [6.45, 7) is -0.0226. The number of hydrogen-bond donors (Lipinski definition) is 0. The third-order valence-electron chi connectivity index (χ3n) is 5.25. The van der Waals surface area contributed by atoms with Gasteiger partial charge in [0.05, 0.1) is 17.8 Å². The summed E-state index contributed by atoms with van der Waals surface area (Å²) in [4.78, 5) is 20.0. The number of oxime groups is 1. The molecule has 1 heterocycles. The molecule has 170 valence electrons. The second-order valence-electron chi connectivity index (χ2n) is 7.73. The van der Waals surface area contributed by atoms with Crippen molar-refractivity contribution in [2.45, 2.75) is 25.2 Å². The monoisotopic (exact) mass is 456 g/mol. The van der Waals surface area contributed by atoms with Gasteiger partial charge in [-0.3, -0.25) is 4.79 Å². The predicted octanol–water partition coefficient (Wildman–Crippen LogP) is 5.68. The van der Waals surface area contributed by atoms with E-state index in [0.717, 1.165) is 29.5 Å². The van der Waals surface area contributed by atoms with E-state index in [1.807, 2.05) is 30.3 Å². The Morgan fingerprint density at radius 1 is 1.00 bits per heavy atom. The van der Waals surface area contributed by atoms with E-state index in [-0.39, 0.29) is 18.7 Å². The van der Waals surface area contributed by atoms with Crippen molar-refractivity contribution in [3.05, 3.63) is 107 Å². The molecule has 0 N–H and O–H groups in total. The van der Waals surface area contributed by atoms with E-state index in [0.29, 0.717) is 12.0 Å². The van der Waals surface area contributed by atoms with E-state index in [9.17, 15) is 22.4 Å². The summed E-state index contributed by atoms with van der Waals surface area (Å²) < 4.78 is 53.2. The van der Waals surface area contributed by atoms with Crippen molar-refractivity contribution in [3.8, 4) is 0 Å². The van der Waals surface area contributed by atoms with Crippen LogP contribution in [0.5, 0.6) is 0 Å². The molecule has 0 saturated heterocycles. The molecule has 0 fully saturated rings. The topological polar surface area (TPSA) is 41.9 Å². The first-order chi connectivity index (χ1) is 15.8. The number of halogens is 4. The van der Waals surface area contributed by atoms with Crippen LogP contribution in [0.1, 0.15) is 33.5 Å². The molecule has 4 nitrogen and oxygen atoms in total. The molecule has 1 aliphatic rings. The first-order valence-electron chi connectivity index (χ1n) is 10.3. The minimum Gasteiger partial charge on any atom is -0.390 e. The Kier molecular flexibility index (Phi) is 6.44. The van der Waals surface area contributed by atoms with Crippen LogP contribution in [0.2, 0.25) is 0 Å². The maximum Gasteiger partial charge on any atom is 0.416 e. The summed E-state index contributed by atoms with van der Waals surface area (Å²) in [6.07, 6.45) is -4.55. The molecule has 0 radical (unpaired) electrons. The molecular formula is C25H20F4N2O2. The average Bonchev–Trinajstić information content (AvgIpc) is 3.27. The number of carbonyl (C=O) groups excluding carboxylic acids is 1. The van der Waals surface area contributed by atoms with Gasteiger partial charge in [0, 0.05) is 18.5 Å². The summed E-state index contributed by atoms with van der Waals surface area (Å²) in [5.74, 6) is -1.09. The second kappa shape index (κ2) is 9.44. The van der Waals surface area contributed by atoms with Gasteiger partial charge in [-0.05, 0) is 41.5 Å². The molecule has 0 bridgehead atoms. The number of nitrogens with zero attached hydrogens (tertiary/aromatic N) is 2. The van der Waals surface area contributed by atoms with Gasteiger partial charge in [0.2, 0.25) is 0 Å². The largest absolute Gasteiger partial charge is 0.416 e. The SMILES string of the molecule is O=C(c1cccc(F)c1)N(Cc1cccc(C(F)(F)F)c1)C[C@H]1CC(c2ccccc2)=NO1. The molecule has 0 spiro atoms. The molecule has 4 rings (SSSR count). The number of carbonyl (C=O) groups is 1. The lowest BCUT2D eigenvalue weighted by Crippen LogP contribution is -2.37. The zero-order chi connectivity index (χ0) is 23.4. The van der Waals surface area contributed by atoms with Gasteiger partial charge < -0.3 is 9.74 Å². The van der Waals surface area contributed by atoms with Gasteiger partial charge in [-0.15, -0.1) is 0 Å². The summed E-state index contributed by atoms with van der Waals surface area (Å²) in [5.41, 5.74) is 1.21. The van der Waals surface area contributed by atoms with Crippen LogP contribution in [-0.2, 0) is 17.6 Å². The van der Waals surface area contributed by atoms with E-state index in [1.54, 1.807) is 0 Å². The van der Waals surface area contributed by atoms with Crippen molar-refractivity contribution in [3.63, 3.8) is 0 Å². The van der Waals surface area contributed by atoms with Crippen LogP contribution in [0.4, 0.5) is 17.6 Å². The molecule has 0 unspecified atom stereocenters. The Hall–Kier alpha value is -3.68. The first-order valence-corrected chi connectivity index (χ1v) is 10.3. The number of amides is 1. The normalized spacial score (nSPS) is 15.6. The van der Waals surface area contributed by atoms with Crippen LogP contribution in [-0.4, -0.2) is 29.2 Å². The Labute approximate surface area is 188 Å². The highest BCUT2D eigenvalue weighted by atomic mass is 19.4. The molecule has 33 heavy (non-hydrogen) atoms. The third kappa shape index (κ3) is 5.58. The van der Waals surface area contributed by atoms with Crippen LogP contribution >= 0.6 is 0 Å². The van der Waals surface area contributed by atoms with Crippen molar-refractivity contribution in [2.24, 2.45) is 5.16 Å². The fourth-order valence-electron chi connectivity index (χ4n) is 3.66. The quantitative estimate of drug-likeness (QED) is 0.448. The smallest absolute Gasteiger partial charge is 0.390 e. The summed E-state index contributed by atoms with van der Waals surface area (Å²) in [7, 11) is 0. The summed E-state index contributed by atoms with van der Waals surface area (Å²) >= 11 is 0. The highest BCUT2D eigenvalue weighted by molar-refractivity contribution is 6.01. The van der Waals surface area contributed by atoms with Crippen LogP contribution in [0.25, 0.3) is 0 Å². The van der Waals surface area contributed by atoms with Gasteiger partial charge in [-0.25, -0.2) is 4.39 Å². The van der Waals surface area contributed by atoms with Gasteiger partial charge in [0.15, 0.2) is 6.10 Å². The minimum absolute atomic E-state index is 0.0748. The fraction of sp³-hybridized carbons (Fsp3) is 0.200. The maximum absolute atomic E-state index is 13.7. The molecule has 3 aromatic rings. The van der Waals surface area contributed by atoms with E-state index in [2.05, 4.69) is 5.16 Å². The molecule has 0 aliphatic carbocycles. The van der Waals surface area contributed by atoms with Crippen LogP contribution in [0, 0.1) is 5.82 Å². The molecule has 1 atom stereocenters. The zero-order valence-corrected chi connectivity index (χ0v) is 17.4. The summed E-state index contributed by atoms with van der Waals surface area (Å²) in [5, 5.41) is 4.11. The lowest BCUT2D eigenvalue weighted by atomic mass is 10.0. The Balaban J connectivity index is 1.55. The molecule has 8 heteroatoms. The van der Waals surface area contributed by atoms with E-state index in [1.165, 1.54) is 35.2 Å². The van der Waals surface area contributed by atoms with Crippen LogP contribution in [0.3, 0.4) is 0 Å². The summed E-state index contributed by atoms with van der Waals surface area (Å²) in [6, 6.07) is 19.4. The van der Waals surface area contributed by atoms with Gasteiger partial charge in [-0.2, -0.15) is 13.2 Å². The van der Waals surface area contributed by atoms with Gasteiger partial charge in [0.25, 0.3) is 5.91 Å². The molecule has 1 aliphatic heterocycles. The molecular weight excluding hydrogens is 436 g/mol. The van der Waals surface area contributed by atoms with Crippen molar-refractivity contribution in [1.82, 2.24) is 4.90 Å². The van der Waals surface area contributed by atoms with Crippen LogP contribution < -0.4 is 0 Å². The number of alkyl halides is 3. The lowest BCUT2D eigenvalue weighted by Gasteiger charge is -2.25. The van der Waals surface area contributed by atoms with E-state index in [4.69, 9.17) is 4.84 Å². The van der Waals surface area contributed by atoms with Gasteiger partial charge in [0.1, 0.15) is 5.82 Å². The third-order valence-corrected chi connectivity index (χ3v) is 5.25. The fourth-order valence-corrected chi connectivity index (χ4v) is 3.66. The molecule has 0 saturated carbocycles. The molecule has 0 aromatic heterocycles. The maximum atomic E-state index is 13.7. The number of hydrogen-bond acceptors (Lipinski definition) is 3. The Bertz CT molecular complexity index is 1160. The van der Waals surface area contributed by atoms with E-state index < -0.39 is 29.6 Å². The standard InChI is InChI=1S/C25H20F4N2O2/c26-21-11-5-9-19(13-21)24(32)31(15-17-6-4-10-20(12-17)25(27,28)29)16-22-14-23(30-33-22)18-7-2-1-3-8-18/h1-13,22H,14-16H2/t22-/m1/s1. The highest BCUT2D eigenvalue weighted by Gasteiger charge is 2.31. The first kappa shape index (κ1) is 22.5. The lowest BCUT2D eigenvalue weighted by molar-refractivity contribution is -0.137. The van der Waals surface area contributed by atoms with Crippen molar-refractivity contribution >= 4 is 11.6 Å². The van der Waals surface area contributed by atoms with Crippen molar-refractivity contribution in [2.75, 3.05) is 6.54 Å². The van der Waals surface area contributed by atoms with Gasteiger partial charge >= 0.3 is 6.18 Å². The Morgan fingerprint density at radius 3 is 2.48 bits per heavy atom. The second-order valence-corrected chi connectivity index (χ2v) is 7.73. The number of rotatable bonds is 6. The average molecular weight is 456 g/mol. The van der Waals surface area contributed by atoms with Crippen molar-refractivity contribution < 1.29 is 27.2 Å². The van der Waals surface area contributed by atoms with Crippen molar-refractivity contribution in [1.29, 1.82) is 0 Å². The molecule has 1 amide bonds. The Morgan fingerprint density at radius 2 is 1.76 bits per heavy atom. The predicted molar refractivity (Wildman–Crippen MR) is 115 cm³/mol.